The average molecular weight is 298 g/mol. The lowest BCUT2D eigenvalue weighted by Gasteiger charge is -2.10. The molecule has 0 saturated heterocycles. The fourth-order valence-electron chi connectivity index (χ4n) is 2.15. The zero-order valence-corrected chi connectivity index (χ0v) is 11.1. The molecule has 0 aromatic heterocycles. The minimum atomic E-state index is -0.0666. The van der Waals surface area contributed by atoms with Crippen LogP contribution in [0, 0.1) is 5.92 Å². The van der Waals surface area contributed by atoms with Crippen molar-refractivity contribution in [2.24, 2.45) is 5.92 Å². The smallest absolute Gasteiger partial charge is 0.251 e. The number of aromatic hydroxyl groups is 1. The number of rotatable bonds is 3. The number of hydrogen-bond acceptors (Lipinski definition) is 2. The van der Waals surface area contributed by atoms with Crippen LogP contribution in [-0.2, 0) is 0 Å². The minimum Gasteiger partial charge on any atom is -0.508 e. The standard InChI is InChI=1S/C13H16BrNO2/c14-11-4-1-9(7-11)8-15-13(17)10-2-5-12(16)6-3-10/h2-3,5-6,9,11,16H,1,4,7-8H2,(H,15,17). The van der Waals surface area contributed by atoms with Crippen molar-refractivity contribution in [2.75, 3.05) is 6.54 Å². The Kier molecular flexibility index (Phi) is 4.05. The van der Waals surface area contributed by atoms with Crippen LogP contribution in [0.3, 0.4) is 0 Å². The van der Waals surface area contributed by atoms with Gasteiger partial charge < -0.3 is 10.4 Å². The molecule has 92 valence electrons. The number of nitrogens with one attached hydrogen (secondary N) is 1. The predicted octanol–water partition coefficient (Wildman–Crippen LogP) is 2.69. The number of amides is 1. The summed E-state index contributed by atoms with van der Waals surface area (Å²) in [5.74, 6) is 0.697. The summed E-state index contributed by atoms with van der Waals surface area (Å²) in [5.41, 5.74) is 0.594. The van der Waals surface area contributed by atoms with Crippen LogP contribution in [0.2, 0.25) is 0 Å². The third kappa shape index (κ3) is 3.46. The van der Waals surface area contributed by atoms with E-state index in [-0.39, 0.29) is 11.7 Å². The fourth-order valence-corrected chi connectivity index (χ4v) is 2.94. The van der Waals surface area contributed by atoms with Crippen LogP contribution >= 0.6 is 15.9 Å². The van der Waals surface area contributed by atoms with Gasteiger partial charge in [-0.1, -0.05) is 15.9 Å². The number of hydrogen-bond donors (Lipinski definition) is 2. The molecule has 1 aromatic carbocycles. The second kappa shape index (κ2) is 5.54. The number of carbonyl (C=O) groups is 1. The molecule has 0 heterocycles. The van der Waals surface area contributed by atoms with E-state index in [1.54, 1.807) is 12.1 Å². The first-order valence-electron chi connectivity index (χ1n) is 5.86. The zero-order valence-electron chi connectivity index (χ0n) is 9.53. The molecule has 2 N–H and O–H groups in total. The van der Waals surface area contributed by atoms with Gasteiger partial charge >= 0.3 is 0 Å². The second-order valence-corrected chi connectivity index (χ2v) is 5.83. The molecule has 1 aliphatic carbocycles. The van der Waals surface area contributed by atoms with Gasteiger partial charge in [0, 0.05) is 16.9 Å². The normalized spacial score (nSPS) is 23.6. The molecular weight excluding hydrogens is 282 g/mol. The monoisotopic (exact) mass is 297 g/mol. The maximum atomic E-state index is 11.8. The lowest BCUT2D eigenvalue weighted by atomic mass is 10.1. The lowest BCUT2D eigenvalue weighted by molar-refractivity contribution is 0.0947. The van der Waals surface area contributed by atoms with Gasteiger partial charge in [-0.15, -0.1) is 0 Å². The molecule has 17 heavy (non-hydrogen) atoms. The summed E-state index contributed by atoms with van der Waals surface area (Å²) in [4.78, 5) is 12.4. The Labute approximate surface area is 109 Å². The maximum Gasteiger partial charge on any atom is 0.251 e. The number of halogens is 1. The highest BCUT2D eigenvalue weighted by atomic mass is 79.9. The van der Waals surface area contributed by atoms with Crippen LogP contribution < -0.4 is 5.32 Å². The van der Waals surface area contributed by atoms with Crippen molar-refractivity contribution >= 4 is 21.8 Å². The average Bonchev–Trinajstić information content (AvgIpc) is 2.73. The minimum absolute atomic E-state index is 0.0666. The van der Waals surface area contributed by atoms with Gasteiger partial charge in [0.05, 0.1) is 0 Å². The van der Waals surface area contributed by atoms with E-state index in [1.807, 2.05) is 0 Å². The van der Waals surface area contributed by atoms with Crippen molar-refractivity contribution in [3.8, 4) is 5.75 Å². The largest absolute Gasteiger partial charge is 0.508 e. The van der Waals surface area contributed by atoms with Crippen molar-refractivity contribution < 1.29 is 9.90 Å². The van der Waals surface area contributed by atoms with Gasteiger partial charge in [-0.05, 0) is 49.4 Å². The molecule has 1 amide bonds. The summed E-state index contributed by atoms with van der Waals surface area (Å²) in [7, 11) is 0. The molecule has 0 bridgehead atoms. The van der Waals surface area contributed by atoms with Crippen molar-refractivity contribution in [1.82, 2.24) is 5.32 Å². The van der Waals surface area contributed by atoms with Crippen molar-refractivity contribution in [2.45, 2.75) is 24.1 Å². The van der Waals surface area contributed by atoms with Gasteiger partial charge in [0.25, 0.3) is 5.91 Å². The summed E-state index contributed by atoms with van der Waals surface area (Å²) in [6.45, 7) is 0.738. The second-order valence-electron chi connectivity index (χ2n) is 4.53. The predicted molar refractivity (Wildman–Crippen MR) is 70.5 cm³/mol. The number of phenolic OH excluding ortho intramolecular Hbond substituents is 1. The summed E-state index contributed by atoms with van der Waals surface area (Å²) in [6.07, 6.45) is 3.50. The summed E-state index contributed by atoms with van der Waals surface area (Å²) in [6, 6.07) is 6.32. The van der Waals surface area contributed by atoms with Gasteiger partial charge in [-0.3, -0.25) is 4.79 Å². The number of benzene rings is 1. The molecule has 4 heteroatoms. The Hall–Kier alpha value is -1.03. The molecule has 0 aliphatic heterocycles. The zero-order chi connectivity index (χ0) is 12.3. The maximum absolute atomic E-state index is 11.8. The van der Waals surface area contributed by atoms with Crippen LogP contribution in [0.1, 0.15) is 29.6 Å². The van der Waals surface area contributed by atoms with Crippen LogP contribution in [0.15, 0.2) is 24.3 Å². The Morgan fingerprint density at radius 3 is 2.65 bits per heavy atom. The van der Waals surface area contributed by atoms with Crippen LogP contribution in [0.25, 0.3) is 0 Å². The molecule has 2 atom stereocenters. The van der Waals surface area contributed by atoms with E-state index in [0.29, 0.717) is 16.3 Å². The van der Waals surface area contributed by atoms with Crippen molar-refractivity contribution in [3.63, 3.8) is 0 Å². The van der Waals surface area contributed by atoms with E-state index in [2.05, 4.69) is 21.2 Å². The van der Waals surface area contributed by atoms with E-state index in [4.69, 9.17) is 5.11 Å². The molecule has 1 aliphatic rings. The molecule has 2 rings (SSSR count). The van der Waals surface area contributed by atoms with Gasteiger partial charge in [-0.2, -0.15) is 0 Å². The van der Waals surface area contributed by atoms with E-state index in [1.165, 1.54) is 25.0 Å². The van der Waals surface area contributed by atoms with E-state index in [9.17, 15) is 4.79 Å². The van der Waals surface area contributed by atoms with Gasteiger partial charge in [0.15, 0.2) is 0 Å². The Morgan fingerprint density at radius 2 is 2.06 bits per heavy atom. The van der Waals surface area contributed by atoms with E-state index >= 15 is 0 Å². The molecule has 2 unspecified atom stereocenters. The van der Waals surface area contributed by atoms with Crippen molar-refractivity contribution in [3.05, 3.63) is 29.8 Å². The fraction of sp³-hybridized carbons (Fsp3) is 0.462. The number of alkyl halides is 1. The topological polar surface area (TPSA) is 49.3 Å². The van der Waals surface area contributed by atoms with Gasteiger partial charge in [0.2, 0.25) is 0 Å². The third-order valence-electron chi connectivity index (χ3n) is 3.16. The van der Waals surface area contributed by atoms with Crippen LogP contribution in [0.5, 0.6) is 5.75 Å². The molecule has 1 aromatic rings. The first-order chi connectivity index (χ1) is 8.15. The molecule has 1 fully saturated rings. The summed E-state index contributed by atoms with van der Waals surface area (Å²) in [5, 5.41) is 12.1. The van der Waals surface area contributed by atoms with Gasteiger partial charge in [0.1, 0.15) is 5.75 Å². The highest BCUT2D eigenvalue weighted by Gasteiger charge is 2.22. The quantitative estimate of drug-likeness (QED) is 0.843. The Bertz CT molecular complexity index is 391. The molecular formula is C13H16BrNO2. The Balaban J connectivity index is 1.83. The lowest BCUT2D eigenvalue weighted by Crippen LogP contribution is -2.28. The molecule has 3 nitrogen and oxygen atoms in total. The number of carbonyl (C=O) groups excluding carboxylic acids is 1. The summed E-state index contributed by atoms with van der Waals surface area (Å²) >= 11 is 3.60. The third-order valence-corrected chi connectivity index (χ3v) is 3.99. The first-order valence-corrected chi connectivity index (χ1v) is 6.78. The van der Waals surface area contributed by atoms with E-state index < -0.39 is 0 Å². The highest BCUT2D eigenvalue weighted by molar-refractivity contribution is 9.09. The Morgan fingerprint density at radius 1 is 1.35 bits per heavy atom. The molecule has 0 spiro atoms. The van der Waals surface area contributed by atoms with Crippen LogP contribution in [-0.4, -0.2) is 22.4 Å². The summed E-state index contributed by atoms with van der Waals surface area (Å²) < 4.78 is 0. The van der Waals surface area contributed by atoms with Gasteiger partial charge in [-0.25, -0.2) is 0 Å². The first kappa shape index (κ1) is 12.4. The molecule has 0 radical (unpaired) electrons. The van der Waals surface area contributed by atoms with E-state index in [0.717, 1.165) is 13.0 Å². The SMILES string of the molecule is O=C(NCC1CCC(Br)C1)c1ccc(O)cc1. The van der Waals surface area contributed by atoms with Crippen LogP contribution in [0.4, 0.5) is 0 Å². The van der Waals surface area contributed by atoms with Crippen molar-refractivity contribution in [1.29, 1.82) is 0 Å². The molecule has 1 saturated carbocycles. The number of phenols is 1. The highest BCUT2D eigenvalue weighted by Crippen LogP contribution is 2.30.